The first-order valence-corrected chi connectivity index (χ1v) is 13.8. The number of rotatable bonds is 8. The molecule has 0 radical (unpaired) electrons. The molecular formula is C29H37F2N5O3. The van der Waals surface area contributed by atoms with Crippen LogP contribution in [0, 0.1) is 6.92 Å². The molecule has 1 aliphatic heterocycles. The van der Waals surface area contributed by atoms with E-state index in [1.807, 2.05) is 44.0 Å². The number of hydrogen-bond acceptors (Lipinski definition) is 6. The quantitative estimate of drug-likeness (QED) is 0.354. The van der Waals surface area contributed by atoms with Gasteiger partial charge in [-0.05, 0) is 58.1 Å². The summed E-state index contributed by atoms with van der Waals surface area (Å²) < 4.78 is 39.9. The Labute approximate surface area is 227 Å². The number of likely N-dealkylation sites (tertiary alicyclic amines) is 1. The summed E-state index contributed by atoms with van der Waals surface area (Å²) >= 11 is 0. The van der Waals surface area contributed by atoms with Crippen LogP contribution in [-0.2, 0) is 4.74 Å². The molecule has 1 saturated carbocycles. The average Bonchev–Trinajstić information content (AvgIpc) is 3.28. The molecule has 0 unspecified atom stereocenters. The normalized spacial score (nSPS) is 21.8. The second kappa shape index (κ2) is 11.1. The van der Waals surface area contributed by atoms with E-state index in [1.54, 1.807) is 19.4 Å². The van der Waals surface area contributed by atoms with Gasteiger partial charge in [-0.15, -0.1) is 0 Å². The number of hydrogen-bond donors (Lipinski definition) is 1. The number of imidazole rings is 1. The summed E-state index contributed by atoms with van der Waals surface area (Å²) in [6.45, 7) is 5.64. The van der Waals surface area contributed by atoms with Gasteiger partial charge in [0.2, 0.25) is 0 Å². The molecule has 1 aromatic carbocycles. The van der Waals surface area contributed by atoms with Gasteiger partial charge in [0.05, 0.1) is 42.8 Å². The largest absolute Gasteiger partial charge is 0.495 e. The van der Waals surface area contributed by atoms with Gasteiger partial charge in [-0.3, -0.25) is 19.6 Å². The van der Waals surface area contributed by atoms with Crippen molar-refractivity contribution in [2.75, 3.05) is 25.5 Å². The third-order valence-corrected chi connectivity index (χ3v) is 7.93. The number of nitrogens with zero attached hydrogens (tertiary/aromatic N) is 4. The van der Waals surface area contributed by atoms with Gasteiger partial charge in [0.25, 0.3) is 5.92 Å². The minimum Gasteiger partial charge on any atom is -0.495 e. The van der Waals surface area contributed by atoms with Crippen molar-refractivity contribution in [2.24, 2.45) is 0 Å². The van der Waals surface area contributed by atoms with Gasteiger partial charge in [0.1, 0.15) is 17.7 Å². The van der Waals surface area contributed by atoms with Crippen LogP contribution in [0.2, 0.25) is 0 Å². The number of methoxy groups -OCH3 is 1. The fraction of sp³-hybridized carbons (Fsp3) is 0.552. The van der Waals surface area contributed by atoms with E-state index in [-0.39, 0.29) is 31.2 Å². The molecule has 5 rings (SSSR count). The number of aromatic nitrogens is 3. The highest BCUT2D eigenvalue weighted by Crippen LogP contribution is 2.41. The molecule has 39 heavy (non-hydrogen) atoms. The minimum atomic E-state index is -2.53. The molecule has 3 heterocycles. The lowest BCUT2D eigenvalue weighted by Gasteiger charge is -2.46. The van der Waals surface area contributed by atoms with Gasteiger partial charge in [-0.2, -0.15) is 0 Å². The molecule has 3 aromatic rings. The summed E-state index contributed by atoms with van der Waals surface area (Å²) in [5, 5.41) is 2.79. The van der Waals surface area contributed by atoms with E-state index in [9.17, 15) is 13.6 Å². The topological polar surface area (TPSA) is 81.0 Å². The van der Waals surface area contributed by atoms with Crippen molar-refractivity contribution in [3.63, 3.8) is 0 Å². The minimum absolute atomic E-state index is 0.119. The third-order valence-electron chi connectivity index (χ3n) is 7.93. The zero-order valence-corrected chi connectivity index (χ0v) is 23.0. The molecule has 1 atom stereocenters. The zero-order chi connectivity index (χ0) is 27.7. The summed E-state index contributed by atoms with van der Waals surface area (Å²) in [6.07, 6.45) is 8.33. The monoisotopic (exact) mass is 541 g/mol. The molecule has 1 aliphatic carbocycles. The number of ether oxygens (including phenoxy) is 2. The third kappa shape index (κ3) is 5.71. The summed E-state index contributed by atoms with van der Waals surface area (Å²) in [7, 11) is 1.56. The summed E-state index contributed by atoms with van der Waals surface area (Å²) in [4.78, 5) is 23.9. The molecule has 1 saturated heterocycles. The molecule has 2 aliphatic rings. The van der Waals surface area contributed by atoms with Crippen LogP contribution in [0.1, 0.15) is 69.8 Å². The number of halogens is 2. The number of aryl methyl sites for hydroxylation is 1. The van der Waals surface area contributed by atoms with Gasteiger partial charge in [0, 0.05) is 29.9 Å². The van der Waals surface area contributed by atoms with Gasteiger partial charge in [-0.25, -0.2) is 18.6 Å². The van der Waals surface area contributed by atoms with Crippen LogP contribution in [0.4, 0.5) is 19.3 Å². The highest BCUT2D eigenvalue weighted by Gasteiger charge is 2.47. The SMILES string of the molecule is CCC[C@H](C)OC(=O)Nc1ccc(-c2nc(C3CCC(N4CC(F)(F)C4)CC3)n3ccnc(C)c23)cc1OC. The lowest BCUT2D eigenvalue weighted by molar-refractivity contribution is -0.150. The second-order valence-corrected chi connectivity index (χ2v) is 10.9. The smallest absolute Gasteiger partial charge is 0.412 e. The predicted octanol–water partition coefficient (Wildman–Crippen LogP) is 6.43. The highest BCUT2D eigenvalue weighted by molar-refractivity contribution is 5.89. The van der Waals surface area contributed by atoms with E-state index < -0.39 is 12.0 Å². The van der Waals surface area contributed by atoms with E-state index in [0.29, 0.717) is 11.4 Å². The maximum Gasteiger partial charge on any atom is 0.412 e. The molecule has 0 bridgehead atoms. The molecule has 1 N–H and O–H groups in total. The molecular weight excluding hydrogens is 504 g/mol. The summed E-state index contributed by atoms with van der Waals surface area (Å²) in [5.41, 5.74) is 3.94. The highest BCUT2D eigenvalue weighted by atomic mass is 19.3. The maximum absolute atomic E-state index is 13.4. The van der Waals surface area contributed by atoms with Gasteiger partial charge >= 0.3 is 6.09 Å². The van der Waals surface area contributed by atoms with E-state index in [0.717, 1.165) is 66.8 Å². The number of carbonyl (C=O) groups excluding carboxylic acids is 1. The van der Waals surface area contributed by atoms with Crippen molar-refractivity contribution in [3.05, 3.63) is 42.1 Å². The van der Waals surface area contributed by atoms with Crippen LogP contribution in [0.3, 0.4) is 0 Å². The Morgan fingerprint density at radius 2 is 1.97 bits per heavy atom. The Hall–Kier alpha value is -3.27. The number of carbonyl (C=O) groups is 1. The molecule has 210 valence electrons. The van der Waals surface area contributed by atoms with Crippen LogP contribution < -0.4 is 10.1 Å². The van der Waals surface area contributed by atoms with E-state index in [1.165, 1.54) is 0 Å². The first-order chi connectivity index (χ1) is 18.7. The van der Waals surface area contributed by atoms with Crippen LogP contribution in [0.5, 0.6) is 5.75 Å². The second-order valence-electron chi connectivity index (χ2n) is 10.9. The Morgan fingerprint density at radius 1 is 1.23 bits per heavy atom. The number of nitrogens with one attached hydrogen (secondary N) is 1. The fourth-order valence-corrected chi connectivity index (χ4v) is 5.94. The Bertz CT molecular complexity index is 1330. The van der Waals surface area contributed by atoms with Crippen molar-refractivity contribution in [2.45, 2.75) is 83.3 Å². The van der Waals surface area contributed by atoms with Crippen molar-refractivity contribution >= 4 is 17.3 Å². The van der Waals surface area contributed by atoms with Crippen LogP contribution in [-0.4, -0.2) is 63.6 Å². The van der Waals surface area contributed by atoms with Crippen LogP contribution >= 0.6 is 0 Å². The number of alkyl halides is 2. The van der Waals surface area contributed by atoms with Crippen molar-refractivity contribution in [3.8, 4) is 17.0 Å². The van der Waals surface area contributed by atoms with Gasteiger partial charge in [0.15, 0.2) is 0 Å². The molecule has 2 aromatic heterocycles. The lowest BCUT2D eigenvalue weighted by atomic mass is 9.83. The first kappa shape index (κ1) is 27.3. The van der Waals surface area contributed by atoms with E-state index in [4.69, 9.17) is 14.5 Å². The lowest BCUT2D eigenvalue weighted by Crippen LogP contribution is -2.60. The number of benzene rings is 1. The van der Waals surface area contributed by atoms with Crippen LogP contribution in [0.15, 0.2) is 30.6 Å². The molecule has 10 heteroatoms. The number of anilines is 1. The summed E-state index contributed by atoms with van der Waals surface area (Å²) in [6, 6.07) is 5.79. The molecule has 1 amide bonds. The number of amides is 1. The van der Waals surface area contributed by atoms with E-state index in [2.05, 4.69) is 14.7 Å². The standard InChI is InChI=1S/C29H37F2N5O3/c1-5-6-18(2)39-28(37)33-23-12-9-21(15-24(23)38-4)25-26-19(3)32-13-14-36(26)27(34-25)20-7-10-22(11-8-20)35-16-29(30,31)17-35/h9,12-15,18,20,22H,5-8,10-11,16-17H2,1-4H3,(H,33,37)/t18-,20?,22?/m0/s1. The van der Waals surface area contributed by atoms with E-state index >= 15 is 0 Å². The maximum atomic E-state index is 13.4. The Kier molecular flexibility index (Phi) is 7.75. The zero-order valence-electron chi connectivity index (χ0n) is 23.0. The van der Waals surface area contributed by atoms with Crippen molar-refractivity contribution in [1.29, 1.82) is 0 Å². The Morgan fingerprint density at radius 3 is 2.64 bits per heavy atom. The van der Waals surface area contributed by atoms with Crippen LogP contribution in [0.25, 0.3) is 16.8 Å². The molecule has 0 spiro atoms. The molecule has 8 nitrogen and oxygen atoms in total. The van der Waals surface area contributed by atoms with Gasteiger partial charge < -0.3 is 9.47 Å². The number of fused-ring (bicyclic) bond motifs is 1. The average molecular weight is 542 g/mol. The van der Waals surface area contributed by atoms with Crippen molar-refractivity contribution < 1.29 is 23.0 Å². The fourth-order valence-electron chi connectivity index (χ4n) is 5.94. The Balaban J connectivity index is 1.38. The summed E-state index contributed by atoms with van der Waals surface area (Å²) in [5.74, 6) is -0.833. The van der Waals surface area contributed by atoms with Crippen molar-refractivity contribution in [1.82, 2.24) is 19.3 Å². The first-order valence-electron chi connectivity index (χ1n) is 13.8. The van der Waals surface area contributed by atoms with Gasteiger partial charge in [-0.1, -0.05) is 19.4 Å². The molecule has 2 fully saturated rings. The predicted molar refractivity (Wildman–Crippen MR) is 146 cm³/mol.